The Labute approximate surface area is 120 Å². The molecule has 2 N–H and O–H groups in total. The molecule has 0 aromatic rings. The second-order valence-corrected chi connectivity index (χ2v) is 6.38. The highest BCUT2D eigenvalue weighted by Gasteiger charge is 2.44. The SMILES string of the molecule is CNCC1CCCN(CCN2C(=O)NC(C)(C)C2=O)C1. The minimum Gasteiger partial charge on any atom is -0.324 e. The van der Waals surface area contributed by atoms with E-state index >= 15 is 0 Å². The van der Waals surface area contributed by atoms with Gasteiger partial charge in [-0.05, 0) is 52.7 Å². The van der Waals surface area contributed by atoms with Crippen LogP contribution in [0.15, 0.2) is 0 Å². The Balaban J connectivity index is 1.83. The van der Waals surface area contributed by atoms with E-state index in [0.717, 1.165) is 26.2 Å². The second kappa shape index (κ2) is 6.10. The molecule has 2 heterocycles. The third-order valence-electron chi connectivity index (χ3n) is 4.18. The molecule has 2 aliphatic heterocycles. The second-order valence-electron chi connectivity index (χ2n) is 6.38. The molecule has 6 heteroatoms. The molecule has 1 atom stereocenters. The summed E-state index contributed by atoms with van der Waals surface area (Å²) in [5.41, 5.74) is -0.756. The van der Waals surface area contributed by atoms with Gasteiger partial charge in [0.1, 0.15) is 5.54 Å². The summed E-state index contributed by atoms with van der Waals surface area (Å²) >= 11 is 0. The summed E-state index contributed by atoms with van der Waals surface area (Å²) in [6, 6.07) is -0.260. The van der Waals surface area contributed by atoms with E-state index in [4.69, 9.17) is 0 Å². The maximum atomic E-state index is 12.1. The fourth-order valence-corrected chi connectivity index (χ4v) is 3.07. The molecular formula is C14H26N4O2. The van der Waals surface area contributed by atoms with Crippen molar-refractivity contribution >= 4 is 11.9 Å². The Hall–Kier alpha value is -1.14. The van der Waals surface area contributed by atoms with Crippen LogP contribution in [0.3, 0.4) is 0 Å². The summed E-state index contributed by atoms with van der Waals surface area (Å²) in [5, 5.41) is 5.94. The van der Waals surface area contributed by atoms with Gasteiger partial charge in [-0.25, -0.2) is 4.79 Å². The zero-order valence-corrected chi connectivity index (χ0v) is 12.7. The van der Waals surface area contributed by atoms with Crippen LogP contribution in [0.25, 0.3) is 0 Å². The quantitative estimate of drug-likeness (QED) is 0.710. The van der Waals surface area contributed by atoms with Crippen molar-refractivity contribution in [2.75, 3.05) is 39.8 Å². The van der Waals surface area contributed by atoms with Crippen molar-refractivity contribution in [1.29, 1.82) is 0 Å². The Kier molecular flexibility index (Phi) is 4.65. The van der Waals surface area contributed by atoms with Gasteiger partial charge in [0.05, 0.1) is 0 Å². The highest BCUT2D eigenvalue weighted by Crippen LogP contribution is 2.18. The lowest BCUT2D eigenvalue weighted by atomic mass is 9.98. The van der Waals surface area contributed by atoms with Crippen LogP contribution in [0.5, 0.6) is 0 Å². The van der Waals surface area contributed by atoms with E-state index in [2.05, 4.69) is 15.5 Å². The summed E-state index contributed by atoms with van der Waals surface area (Å²) in [6.07, 6.45) is 2.45. The van der Waals surface area contributed by atoms with Crippen molar-refractivity contribution in [3.63, 3.8) is 0 Å². The lowest BCUT2D eigenvalue weighted by Crippen LogP contribution is -2.45. The van der Waals surface area contributed by atoms with Crippen molar-refractivity contribution in [3.05, 3.63) is 0 Å². The highest BCUT2D eigenvalue weighted by molar-refractivity contribution is 6.06. The number of hydrogen-bond acceptors (Lipinski definition) is 4. The summed E-state index contributed by atoms with van der Waals surface area (Å²) in [7, 11) is 1.98. The van der Waals surface area contributed by atoms with Gasteiger partial charge in [0, 0.05) is 19.6 Å². The Bertz CT molecular complexity index is 381. The lowest BCUT2D eigenvalue weighted by Gasteiger charge is -2.33. The van der Waals surface area contributed by atoms with Crippen LogP contribution in [0.1, 0.15) is 26.7 Å². The molecule has 2 fully saturated rings. The van der Waals surface area contributed by atoms with E-state index in [9.17, 15) is 9.59 Å². The zero-order valence-electron chi connectivity index (χ0n) is 12.7. The largest absolute Gasteiger partial charge is 0.325 e. The maximum Gasteiger partial charge on any atom is 0.325 e. The van der Waals surface area contributed by atoms with Crippen LogP contribution < -0.4 is 10.6 Å². The number of nitrogens with one attached hydrogen (secondary N) is 2. The van der Waals surface area contributed by atoms with Crippen molar-refractivity contribution in [1.82, 2.24) is 20.4 Å². The molecule has 1 unspecified atom stereocenters. The maximum absolute atomic E-state index is 12.1. The molecular weight excluding hydrogens is 256 g/mol. The van der Waals surface area contributed by atoms with Gasteiger partial charge in [0.15, 0.2) is 0 Å². The third kappa shape index (κ3) is 3.30. The number of amides is 3. The number of imide groups is 1. The Morgan fingerprint density at radius 3 is 2.70 bits per heavy atom. The predicted octanol–water partition coefficient (Wildman–Crippen LogP) is 0.248. The van der Waals surface area contributed by atoms with Crippen molar-refractivity contribution < 1.29 is 9.59 Å². The molecule has 2 aliphatic rings. The molecule has 6 nitrogen and oxygen atoms in total. The van der Waals surface area contributed by atoms with Gasteiger partial charge < -0.3 is 15.5 Å². The summed E-state index contributed by atoms with van der Waals surface area (Å²) in [5.74, 6) is 0.555. The van der Waals surface area contributed by atoms with Gasteiger partial charge >= 0.3 is 6.03 Å². The molecule has 0 saturated carbocycles. The summed E-state index contributed by atoms with van der Waals surface area (Å²) in [6.45, 7) is 7.90. The molecule has 0 bridgehead atoms. The number of urea groups is 1. The van der Waals surface area contributed by atoms with Gasteiger partial charge in [0.2, 0.25) is 0 Å². The van der Waals surface area contributed by atoms with Crippen LogP contribution in [-0.2, 0) is 4.79 Å². The molecule has 0 aromatic heterocycles. The fourth-order valence-electron chi connectivity index (χ4n) is 3.07. The van der Waals surface area contributed by atoms with E-state index in [-0.39, 0.29) is 11.9 Å². The third-order valence-corrected chi connectivity index (χ3v) is 4.18. The number of hydrogen-bond donors (Lipinski definition) is 2. The molecule has 0 aromatic carbocycles. The molecule has 2 rings (SSSR count). The Morgan fingerprint density at radius 2 is 2.10 bits per heavy atom. The normalized spacial score (nSPS) is 26.9. The van der Waals surface area contributed by atoms with E-state index in [1.54, 1.807) is 13.8 Å². The van der Waals surface area contributed by atoms with E-state index in [1.807, 2.05) is 7.05 Å². The predicted molar refractivity (Wildman–Crippen MR) is 77.4 cm³/mol. The summed E-state index contributed by atoms with van der Waals surface area (Å²) < 4.78 is 0. The van der Waals surface area contributed by atoms with Gasteiger partial charge in [-0.1, -0.05) is 0 Å². The van der Waals surface area contributed by atoms with Crippen LogP contribution in [0, 0.1) is 5.92 Å². The molecule has 0 spiro atoms. The molecule has 20 heavy (non-hydrogen) atoms. The fraction of sp³-hybridized carbons (Fsp3) is 0.857. The van der Waals surface area contributed by atoms with Gasteiger partial charge in [0.25, 0.3) is 5.91 Å². The minimum absolute atomic E-state index is 0.119. The molecule has 0 radical (unpaired) electrons. The van der Waals surface area contributed by atoms with Crippen molar-refractivity contribution in [2.24, 2.45) is 5.92 Å². The first-order valence-electron chi connectivity index (χ1n) is 7.45. The number of likely N-dealkylation sites (tertiary alicyclic amines) is 1. The minimum atomic E-state index is -0.756. The summed E-state index contributed by atoms with van der Waals surface area (Å²) in [4.78, 5) is 27.6. The van der Waals surface area contributed by atoms with Crippen LogP contribution in [0.2, 0.25) is 0 Å². The number of nitrogens with zero attached hydrogens (tertiary/aromatic N) is 2. The van der Waals surface area contributed by atoms with Crippen molar-refractivity contribution in [3.8, 4) is 0 Å². The van der Waals surface area contributed by atoms with Crippen LogP contribution >= 0.6 is 0 Å². The highest BCUT2D eigenvalue weighted by atomic mass is 16.2. The molecule has 114 valence electrons. The van der Waals surface area contributed by atoms with Crippen molar-refractivity contribution in [2.45, 2.75) is 32.2 Å². The number of piperidine rings is 1. The smallest absolute Gasteiger partial charge is 0.324 e. The standard InChI is InChI=1S/C14H26N4O2/c1-14(2)12(19)18(13(20)16-14)8-7-17-6-4-5-11(10-17)9-15-3/h11,15H,4-10H2,1-3H3,(H,16,20). The topological polar surface area (TPSA) is 64.7 Å². The van der Waals surface area contributed by atoms with Crippen LogP contribution in [0.4, 0.5) is 4.79 Å². The first kappa shape index (κ1) is 15.3. The first-order chi connectivity index (χ1) is 9.44. The molecule has 3 amide bonds. The van der Waals surface area contributed by atoms with E-state index < -0.39 is 5.54 Å². The number of carbonyl (C=O) groups excluding carboxylic acids is 2. The Morgan fingerprint density at radius 1 is 1.35 bits per heavy atom. The molecule has 2 saturated heterocycles. The average molecular weight is 282 g/mol. The lowest BCUT2D eigenvalue weighted by molar-refractivity contribution is -0.130. The van der Waals surface area contributed by atoms with Gasteiger partial charge in [-0.15, -0.1) is 0 Å². The van der Waals surface area contributed by atoms with Gasteiger partial charge in [-0.2, -0.15) is 0 Å². The average Bonchev–Trinajstić information content (AvgIpc) is 2.57. The van der Waals surface area contributed by atoms with E-state index in [1.165, 1.54) is 17.7 Å². The number of carbonyl (C=O) groups is 2. The number of rotatable bonds is 5. The zero-order chi connectivity index (χ0) is 14.8. The first-order valence-corrected chi connectivity index (χ1v) is 7.45. The van der Waals surface area contributed by atoms with Crippen LogP contribution in [-0.4, -0.2) is 67.0 Å². The van der Waals surface area contributed by atoms with E-state index in [0.29, 0.717) is 12.5 Å². The monoisotopic (exact) mass is 282 g/mol. The van der Waals surface area contributed by atoms with Gasteiger partial charge in [-0.3, -0.25) is 9.69 Å². The molecule has 0 aliphatic carbocycles.